The van der Waals surface area contributed by atoms with Gasteiger partial charge in [0.1, 0.15) is 5.69 Å². The summed E-state index contributed by atoms with van der Waals surface area (Å²) in [5, 5.41) is 0. The summed E-state index contributed by atoms with van der Waals surface area (Å²) >= 11 is 0. The van der Waals surface area contributed by atoms with Crippen LogP contribution < -0.4 is 5.46 Å². The molecule has 0 saturated heterocycles. The van der Waals surface area contributed by atoms with Gasteiger partial charge in [-0.2, -0.15) is 0 Å². The second-order valence-electron chi connectivity index (χ2n) is 2.22. The van der Waals surface area contributed by atoms with E-state index in [0.29, 0.717) is 5.69 Å². The van der Waals surface area contributed by atoms with Gasteiger partial charge < -0.3 is 4.74 Å². The van der Waals surface area contributed by atoms with Crippen molar-refractivity contribution < 1.29 is 9.53 Å². The van der Waals surface area contributed by atoms with Crippen LogP contribution in [0, 0.1) is 0 Å². The van der Waals surface area contributed by atoms with Crippen molar-refractivity contribution in [1.82, 2.24) is 4.98 Å². The van der Waals surface area contributed by atoms with Crippen molar-refractivity contribution in [2.45, 2.75) is 6.82 Å². The Kier molecular flexibility index (Phi) is 2.85. The number of aromatic nitrogens is 1. The number of pyridine rings is 1. The Bertz CT molecular complexity index is 288. The van der Waals surface area contributed by atoms with Gasteiger partial charge >= 0.3 is 5.97 Å². The molecule has 3 nitrogen and oxygen atoms in total. The van der Waals surface area contributed by atoms with Crippen LogP contribution in [0.15, 0.2) is 18.3 Å². The molecular weight excluding hydrogens is 153 g/mol. The summed E-state index contributed by atoms with van der Waals surface area (Å²) in [6, 6.07) is 3.60. The van der Waals surface area contributed by atoms with Crippen molar-refractivity contribution in [3.05, 3.63) is 24.0 Å². The van der Waals surface area contributed by atoms with E-state index in [9.17, 15) is 4.79 Å². The zero-order valence-electron chi connectivity index (χ0n) is 7.07. The quantitative estimate of drug-likeness (QED) is 0.462. The zero-order valence-corrected chi connectivity index (χ0v) is 7.07. The molecule has 1 heterocycles. The lowest BCUT2D eigenvalue weighted by atomic mass is 9.72. The van der Waals surface area contributed by atoms with Gasteiger partial charge in [0.25, 0.3) is 0 Å². The molecule has 1 rings (SSSR count). The third-order valence-electron chi connectivity index (χ3n) is 1.53. The van der Waals surface area contributed by atoms with Crippen molar-refractivity contribution in [2.75, 3.05) is 7.11 Å². The number of nitrogens with zero attached hydrogens (tertiary/aromatic N) is 1. The monoisotopic (exact) mass is 162 g/mol. The van der Waals surface area contributed by atoms with Gasteiger partial charge in [-0.1, -0.05) is 18.4 Å². The average molecular weight is 162 g/mol. The van der Waals surface area contributed by atoms with E-state index >= 15 is 0 Å². The van der Waals surface area contributed by atoms with Crippen molar-refractivity contribution in [2.24, 2.45) is 0 Å². The third-order valence-corrected chi connectivity index (χ3v) is 1.53. The number of hydrogen-bond acceptors (Lipinski definition) is 3. The summed E-state index contributed by atoms with van der Waals surface area (Å²) in [4.78, 5) is 15.0. The Morgan fingerprint density at radius 1 is 1.67 bits per heavy atom. The second kappa shape index (κ2) is 3.90. The first-order valence-corrected chi connectivity index (χ1v) is 3.62. The molecule has 0 bridgehead atoms. The second-order valence-corrected chi connectivity index (χ2v) is 2.22. The topological polar surface area (TPSA) is 39.2 Å². The predicted molar refractivity (Wildman–Crippen MR) is 46.8 cm³/mol. The molecule has 0 aliphatic rings. The van der Waals surface area contributed by atoms with Crippen LogP contribution in [-0.2, 0) is 4.74 Å². The van der Waals surface area contributed by atoms with Crippen LogP contribution in [0.5, 0.6) is 0 Å². The number of carbonyl (C=O) groups excluding carboxylic acids is 1. The Labute approximate surface area is 72.0 Å². The lowest BCUT2D eigenvalue weighted by molar-refractivity contribution is 0.0596. The van der Waals surface area contributed by atoms with Crippen LogP contribution in [-0.4, -0.2) is 25.3 Å². The Morgan fingerprint density at radius 2 is 2.42 bits per heavy atom. The first kappa shape index (κ1) is 8.78. The molecule has 1 aromatic heterocycles. The number of carbonyl (C=O) groups is 1. The van der Waals surface area contributed by atoms with Crippen LogP contribution in [0.3, 0.4) is 0 Å². The predicted octanol–water partition coefficient (Wildman–Crippen LogP) is 0.246. The molecule has 0 aromatic carbocycles. The van der Waals surface area contributed by atoms with Crippen molar-refractivity contribution in [3.8, 4) is 0 Å². The fourth-order valence-electron chi connectivity index (χ4n) is 0.918. The van der Waals surface area contributed by atoms with Crippen LogP contribution in [0.2, 0.25) is 6.82 Å². The van der Waals surface area contributed by atoms with Gasteiger partial charge in [-0.3, -0.25) is 0 Å². The molecule has 0 fully saturated rings. The fraction of sp³-hybridized carbons (Fsp3) is 0.250. The minimum absolute atomic E-state index is 0.363. The molecule has 0 amide bonds. The average Bonchev–Trinajstić information content (AvgIpc) is 2.16. The van der Waals surface area contributed by atoms with Gasteiger partial charge in [-0.25, -0.2) is 9.78 Å². The summed E-state index contributed by atoms with van der Waals surface area (Å²) < 4.78 is 4.56. The lowest BCUT2D eigenvalue weighted by Gasteiger charge is -2.02. The maximum atomic E-state index is 11.1. The molecule has 0 atom stereocenters. The highest BCUT2D eigenvalue weighted by atomic mass is 16.5. The van der Waals surface area contributed by atoms with Gasteiger partial charge in [0, 0.05) is 6.20 Å². The van der Waals surface area contributed by atoms with Crippen LogP contribution in [0.1, 0.15) is 10.5 Å². The standard InChI is InChI=1S/C8H9BNO2/c1-9-6-4-3-5-10-7(6)8(11)12-2/h3-5H,1-2H3. The molecule has 0 spiro atoms. The van der Waals surface area contributed by atoms with E-state index in [1.807, 2.05) is 20.2 Å². The van der Waals surface area contributed by atoms with Crippen LogP contribution >= 0.6 is 0 Å². The van der Waals surface area contributed by atoms with E-state index in [4.69, 9.17) is 0 Å². The smallest absolute Gasteiger partial charge is 0.356 e. The Hall–Kier alpha value is -1.32. The van der Waals surface area contributed by atoms with E-state index in [1.54, 1.807) is 12.3 Å². The first-order chi connectivity index (χ1) is 5.79. The molecule has 0 N–H and O–H groups in total. The summed E-state index contributed by atoms with van der Waals surface area (Å²) in [6.45, 7) is 1.85. The first-order valence-electron chi connectivity index (χ1n) is 3.62. The number of methoxy groups -OCH3 is 1. The molecule has 12 heavy (non-hydrogen) atoms. The van der Waals surface area contributed by atoms with E-state index in [0.717, 1.165) is 5.46 Å². The largest absolute Gasteiger partial charge is 0.464 e. The van der Waals surface area contributed by atoms with E-state index in [1.165, 1.54) is 7.11 Å². The number of esters is 1. The summed E-state index contributed by atoms with van der Waals surface area (Å²) in [5.41, 5.74) is 1.16. The van der Waals surface area contributed by atoms with E-state index < -0.39 is 5.97 Å². The number of rotatable bonds is 2. The van der Waals surface area contributed by atoms with E-state index in [2.05, 4.69) is 9.72 Å². The minimum Gasteiger partial charge on any atom is -0.464 e. The van der Waals surface area contributed by atoms with Crippen LogP contribution in [0.4, 0.5) is 0 Å². The molecule has 0 unspecified atom stereocenters. The molecule has 0 aliphatic heterocycles. The zero-order chi connectivity index (χ0) is 8.97. The van der Waals surface area contributed by atoms with Crippen molar-refractivity contribution in [1.29, 1.82) is 0 Å². The highest BCUT2D eigenvalue weighted by Crippen LogP contribution is 1.92. The molecule has 0 saturated carbocycles. The van der Waals surface area contributed by atoms with Gasteiger partial charge in [0.05, 0.1) is 7.11 Å². The molecule has 61 valence electrons. The summed E-state index contributed by atoms with van der Waals surface area (Å²) in [7, 11) is 3.16. The van der Waals surface area contributed by atoms with Gasteiger partial charge in [0.15, 0.2) is 7.28 Å². The van der Waals surface area contributed by atoms with Crippen molar-refractivity contribution >= 4 is 18.7 Å². The molecule has 4 heteroatoms. The maximum absolute atomic E-state index is 11.1. The Morgan fingerprint density at radius 3 is 3.00 bits per heavy atom. The fourth-order valence-corrected chi connectivity index (χ4v) is 0.918. The van der Waals surface area contributed by atoms with Crippen LogP contribution in [0.25, 0.3) is 0 Å². The van der Waals surface area contributed by atoms with Gasteiger partial charge in [0.2, 0.25) is 0 Å². The highest BCUT2D eigenvalue weighted by Gasteiger charge is 2.10. The summed E-state index contributed by atoms with van der Waals surface area (Å²) in [5.74, 6) is -0.399. The minimum atomic E-state index is -0.399. The number of hydrogen-bond donors (Lipinski definition) is 0. The van der Waals surface area contributed by atoms with Gasteiger partial charge in [-0.05, 0) is 6.07 Å². The molecule has 1 radical (unpaired) electrons. The van der Waals surface area contributed by atoms with Gasteiger partial charge in [-0.15, -0.1) is 0 Å². The molecule has 0 aliphatic carbocycles. The lowest BCUT2D eigenvalue weighted by Crippen LogP contribution is -2.23. The van der Waals surface area contributed by atoms with E-state index in [-0.39, 0.29) is 0 Å². The SMILES string of the molecule is C[B]c1cccnc1C(=O)OC. The normalized spacial score (nSPS) is 9.17. The van der Waals surface area contributed by atoms with Crippen molar-refractivity contribution in [3.63, 3.8) is 0 Å². The Balaban J connectivity index is 3.04. The molecule has 1 aromatic rings. The summed E-state index contributed by atoms with van der Waals surface area (Å²) in [6.07, 6.45) is 1.57. The third kappa shape index (κ3) is 1.64. The number of ether oxygens (including phenoxy) is 1. The molecular formula is C8H9BNO2. The maximum Gasteiger partial charge on any atom is 0.356 e. The highest BCUT2D eigenvalue weighted by molar-refractivity contribution is 6.53.